The molecule has 0 aromatic carbocycles. The van der Waals surface area contributed by atoms with E-state index in [1.54, 1.807) is 0 Å². The average Bonchev–Trinajstić information content (AvgIpc) is 2.76. The van der Waals surface area contributed by atoms with Crippen LogP contribution in [0.15, 0.2) is 4.99 Å². The van der Waals surface area contributed by atoms with Crippen molar-refractivity contribution in [2.75, 3.05) is 13.1 Å². The summed E-state index contributed by atoms with van der Waals surface area (Å²) in [5.41, 5.74) is 0.421. The predicted octanol–water partition coefficient (Wildman–Crippen LogP) is 4.45. The number of amidine groups is 1. The van der Waals surface area contributed by atoms with E-state index in [1.807, 2.05) is 11.8 Å². The van der Waals surface area contributed by atoms with Crippen molar-refractivity contribution in [3.63, 3.8) is 0 Å². The first-order chi connectivity index (χ1) is 9.03. The topological polar surface area (TPSA) is 24.4 Å². The molecule has 0 amide bonds. The Bertz CT molecular complexity index is 300. The molecule has 110 valence electrons. The second-order valence-corrected chi connectivity index (χ2v) is 8.66. The number of hydrogen-bond donors (Lipinski definition) is 1. The molecule has 2 aliphatic rings. The molecule has 3 heteroatoms. The Morgan fingerprint density at radius 2 is 1.95 bits per heavy atom. The van der Waals surface area contributed by atoms with Gasteiger partial charge in [0.1, 0.15) is 0 Å². The lowest BCUT2D eigenvalue weighted by Crippen LogP contribution is -2.24. The van der Waals surface area contributed by atoms with Crippen molar-refractivity contribution < 1.29 is 0 Å². The normalized spacial score (nSPS) is 25.4. The van der Waals surface area contributed by atoms with Crippen LogP contribution < -0.4 is 5.32 Å². The van der Waals surface area contributed by atoms with Crippen molar-refractivity contribution >= 4 is 16.9 Å². The number of rotatable bonds is 4. The number of aliphatic imine (C=N–C) groups is 1. The number of nitrogens with one attached hydrogen (secondary N) is 1. The van der Waals surface area contributed by atoms with E-state index in [2.05, 4.69) is 31.1 Å². The van der Waals surface area contributed by atoms with E-state index < -0.39 is 0 Å². The highest BCUT2D eigenvalue weighted by molar-refractivity contribution is 8.14. The summed E-state index contributed by atoms with van der Waals surface area (Å²) >= 11 is 1.96. The molecule has 2 nitrogen and oxygen atoms in total. The Balaban J connectivity index is 1.59. The van der Waals surface area contributed by atoms with Crippen molar-refractivity contribution in [1.82, 2.24) is 5.32 Å². The van der Waals surface area contributed by atoms with Gasteiger partial charge in [0.2, 0.25) is 0 Å². The number of nitrogens with zero attached hydrogens (tertiary/aromatic N) is 1. The highest BCUT2D eigenvalue weighted by Gasteiger charge is 2.24. The first kappa shape index (κ1) is 15.2. The molecule has 1 atom stereocenters. The average molecular weight is 282 g/mol. The fourth-order valence-electron chi connectivity index (χ4n) is 3.16. The largest absolute Gasteiger partial charge is 0.365 e. The molecule has 1 aliphatic carbocycles. The van der Waals surface area contributed by atoms with Gasteiger partial charge >= 0.3 is 0 Å². The second-order valence-electron chi connectivity index (χ2n) is 7.37. The number of thioether (sulfide) groups is 1. The molecular weight excluding hydrogens is 252 g/mol. The lowest BCUT2D eigenvalue weighted by molar-refractivity contribution is 0.339. The Morgan fingerprint density at radius 3 is 2.63 bits per heavy atom. The summed E-state index contributed by atoms with van der Waals surface area (Å²) in [6, 6.07) is 0. The molecule has 0 spiro atoms. The molecule has 1 N–H and O–H groups in total. The van der Waals surface area contributed by atoms with Crippen molar-refractivity contribution in [1.29, 1.82) is 0 Å². The minimum absolute atomic E-state index is 0.421. The molecule has 19 heavy (non-hydrogen) atoms. The third-order valence-corrected chi connectivity index (χ3v) is 5.26. The van der Waals surface area contributed by atoms with E-state index in [1.165, 1.54) is 50.1 Å². The van der Waals surface area contributed by atoms with Crippen LogP contribution in [0, 0.1) is 11.3 Å². The molecule has 0 radical (unpaired) electrons. The number of hydrogen-bond acceptors (Lipinski definition) is 3. The minimum atomic E-state index is 0.421. The first-order valence-corrected chi connectivity index (χ1v) is 8.86. The summed E-state index contributed by atoms with van der Waals surface area (Å²) in [7, 11) is 0. The zero-order valence-corrected chi connectivity index (χ0v) is 13.7. The molecule has 2 rings (SSSR count). The van der Waals surface area contributed by atoms with Gasteiger partial charge in [-0.15, -0.1) is 0 Å². The first-order valence-electron chi connectivity index (χ1n) is 7.98. The van der Waals surface area contributed by atoms with Gasteiger partial charge < -0.3 is 5.32 Å². The van der Waals surface area contributed by atoms with Gasteiger partial charge in [-0.2, -0.15) is 0 Å². The fourth-order valence-corrected chi connectivity index (χ4v) is 4.55. The summed E-state index contributed by atoms with van der Waals surface area (Å²) in [5.74, 6) is 0.971. The Hall–Kier alpha value is -0.180. The summed E-state index contributed by atoms with van der Waals surface area (Å²) in [5, 5.41) is 5.45. The Kier molecular flexibility index (Phi) is 5.61. The second kappa shape index (κ2) is 7.01. The van der Waals surface area contributed by atoms with E-state index in [0.29, 0.717) is 10.7 Å². The molecular formula is C16H30N2S. The smallest absolute Gasteiger partial charge is 0.156 e. The molecule has 1 fully saturated rings. The van der Waals surface area contributed by atoms with Crippen molar-refractivity contribution in [2.45, 2.75) is 71.0 Å². The van der Waals surface area contributed by atoms with E-state index in [0.717, 1.165) is 19.0 Å². The van der Waals surface area contributed by atoms with Gasteiger partial charge in [0.25, 0.3) is 0 Å². The zero-order valence-electron chi connectivity index (χ0n) is 12.9. The van der Waals surface area contributed by atoms with Gasteiger partial charge in [0.15, 0.2) is 5.17 Å². The van der Waals surface area contributed by atoms with Crippen molar-refractivity contribution in [3.8, 4) is 0 Å². The highest BCUT2D eigenvalue weighted by Crippen LogP contribution is 2.31. The molecule has 1 unspecified atom stereocenters. The minimum Gasteiger partial charge on any atom is -0.365 e. The lowest BCUT2D eigenvalue weighted by atomic mass is 9.87. The molecule has 1 saturated carbocycles. The lowest BCUT2D eigenvalue weighted by Gasteiger charge is -2.22. The van der Waals surface area contributed by atoms with Gasteiger partial charge in [-0.05, 0) is 24.2 Å². The molecule has 0 saturated heterocycles. The zero-order chi connectivity index (χ0) is 13.7. The van der Waals surface area contributed by atoms with Crippen LogP contribution >= 0.6 is 11.8 Å². The highest BCUT2D eigenvalue weighted by atomic mass is 32.2. The molecule has 1 heterocycles. The van der Waals surface area contributed by atoms with E-state index in [9.17, 15) is 0 Å². The van der Waals surface area contributed by atoms with Crippen LogP contribution in [-0.2, 0) is 0 Å². The van der Waals surface area contributed by atoms with E-state index in [4.69, 9.17) is 0 Å². The van der Waals surface area contributed by atoms with Crippen molar-refractivity contribution in [2.24, 2.45) is 16.3 Å². The summed E-state index contributed by atoms with van der Waals surface area (Å²) in [6.07, 6.45) is 9.86. The molecule has 0 aromatic heterocycles. The van der Waals surface area contributed by atoms with Crippen LogP contribution in [0.5, 0.6) is 0 Å². The third kappa shape index (κ3) is 5.76. The maximum absolute atomic E-state index is 4.65. The standard InChI is InChI=1S/C16H30N2S/c1-16(2,3)11-14-12-18-15(19-14)17-10-9-13-7-5-4-6-8-13/h13-14H,4-12H2,1-3H3,(H,17,18). The quantitative estimate of drug-likeness (QED) is 0.823. The van der Waals surface area contributed by atoms with Gasteiger partial charge in [0.05, 0.1) is 6.54 Å². The van der Waals surface area contributed by atoms with Crippen LogP contribution in [0.1, 0.15) is 65.7 Å². The fraction of sp³-hybridized carbons (Fsp3) is 0.938. The van der Waals surface area contributed by atoms with Crippen LogP contribution in [0.3, 0.4) is 0 Å². The summed E-state index contributed by atoms with van der Waals surface area (Å²) in [6.45, 7) is 9.10. The van der Waals surface area contributed by atoms with Gasteiger partial charge in [-0.1, -0.05) is 64.6 Å². The van der Waals surface area contributed by atoms with E-state index >= 15 is 0 Å². The molecule has 0 aromatic rings. The maximum Gasteiger partial charge on any atom is 0.156 e. The maximum atomic E-state index is 4.65. The molecule has 1 aliphatic heterocycles. The van der Waals surface area contributed by atoms with Gasteiger partial charge in [-0.25, -0.2) is 0 Å². The monoisotopic (exact) mass is 282 g/mol. The van der Waals surface area contributed by atoms with Crippen LogP contribution in [0.2, 0.25) is 0 Å². The molecule has 0 bridgehead atoms. The van der Waals surface area contributed by atoms with Crippen LogP contribution in [0.4, 0.5) is 0 Å². The van der Waals surface area contributed by atoms with Gasteiger partial charge in [-0.3, -0.25) is 4.99 Å². The Labute approximate surface area is 123 Å². The summed E-state index contributed by atoms with van der Waals surface area (Å²) < 4.78 is 0. The van der Waals surface area contributed by atoms with Crippen LogP contribution in [-0.4, -0.2) is 23.5 Å². The predicted molar refractivity (Wildman–Crippen MR) is 86.9 cm³/mol. The summed E-state index contributed by atoms with van der Waals surface area (Å²) in [4.78, 5) is 4.65. The van der Waals surface area contributed by atoms with E-state index in [-0.39, 0.29) is 0 Å². The third-order valence-electron chi connectivity index (χ3n) is 4.11. The Morgan fingerprint density at radius 1 is 1.21 bits per heavy atom. The van der Waals surface area contributed by atoms with Crippen LogP contribution in [0.25, 0.3) is 0 Å². The van der Waals surface area contributed by atoms with Gasteiger partial charge in [0, 0.05) is 11.8 Å². The van der Waals surface area contributed by atoms with Crippen molar-refractivity contribution in [3.05, 3.63) is 0 Å². The SMILES string of the molecule is CC(C)(C)CC1CN=C(NCCC2CCCCC2)S1.